The summed E-state index contributed by atoms with van der Waals surface area (Å²) in [6.45, 7) is 0. The molecule has 2 aliphatic heterocycles. The van der Waals surface area contributed by atoms with Crippen LogP contribution < -0.4 is 16.0 Å². The molecule has 0 unspecified atom stereocenters. The van der Waals surface area contributed by atoms with E-state index < -0.39 is 11.9 Å². The van der Waals surface area contributed by atoms with Crippen LogP contribution in [0.5, 0.6) is 0 Å². The number of fused-ring (bicyclic) bond motifs is 1. The molecule has 2 heterocycles. The monoisotopic (exact) mass is 301 g/mol. The SMILES string of the molecule is O=C1CC[C@H](NC(=O)Cc2ccc3c(c2)CC(=O)N3)C(=O)N1. The number of rotatable bonds is 3. The fourth-order valence-electron chi connectivity index (χ4n) is 2.65. The second-order valence-electron chi connectivity index (χ2n) is 5.46. The normalized spacial score (nSPS) is 20.2. The molecule has 2 aliphatic rings. The van der Waals surface area contributed by atoms with Crippen LogP contribution in [-0.2, 0) is 32.0 Å². The molecule has 114 valence electrons. The molecule has 3 N–H and O–H groups in total. The Labute approximate surface area is 126 Å². The van der Waals surface area contributed by atoms with Gasteiger partial charge in [-0.3, -0.25) is 24.5 Å². The number of piperidine rings is 1. The van der Waals surface area contributed by atoms with Crippen molar-refractivity contribution in [1.29, 1.82) is 0 Å². The van der Waals surface area contributed by atoms with Gasteiger partial charge >= 0.3 is 0 Å². The smallest absolute Gasteiger partial charge is 0.249 e. The molecule has 1 fully saturated rings. The van der Waals surface area contributed by atoms with Crippen molar-refractivity contribution in [2.75, 3.05) is 5.32 Å². The maximum absolute atomic E-state index is 12.0. The maximum atomic E-state index is 12.0. The van der Waals surface area contributed by atoms with E-state index in [4.69, 9.17) is 0 Å². The lowest BCUT2D eigenvalue weighted by atomic mass is 10.0. The third kappa shape index (κ3) is 2.98. The molecule has 4 amide bonds. The Kier molecular flexibility index (Phi) is 3.62. The zero-order valence-electron chi connectivity index (χ0n) is 11.8. The summed E-state index contributed by atoms with van der Waals surface area (Å²) in [5.41, 5.74) is 2.43. The molecular formula is C15H15N3O4. The second kappa shape index (κ2) is 5.59. The van der Waals surface area contributed by atoms with Crippen LogP contribution in [0.1, 0.15) is 24.0 Å². The lowest BCUT2D eigenvalue weighted by Crippen LogP contribution is -2.52. The molecule has 0 aromatic heterocycles. The minimum absolute atomic E-state index is 0.0554. The summed E-state index contributed by atoms with van der Waals surface area (Å²) in [4.78, 5) is 46.0. The minimum atomic E-state index is -0.664. The Balaban J connectivity index is 1.60. The van der Waals surface area contributed by atoms with Crippen molar-refractivity contribution in [3.05, 3.63) is 29.3 Å². The fraction of sp³-hybridized carbons (Fsp3) is 0.333. The van der Waals surface area contributed by atoms with Crippen molar-refractivity contribution in [2.45, 2.75) is 31.7 Å². The molecule has 1 aromatic carbocycles. The molecule has 0 radical (unpaired) electrons. The molecule has 22 heavy (non-hydrogen) atoms. The van der Waals surface area contributed by atoms with Crippen molar-refractivity contribution in [1.82, 2.24) is 10.6 Å². The number of carbonyl (C=O) groups excluding carboxylic acids is 4. The molecule has 7 heteroatoms. The maximum Gasteiger partial charge on any atom is 0.249 e. The summed E-state index contributed by atoms with van der Waals surface area (Å²) >= 11 is 0. The summed E-state index contributed by atoms with van der Waals surface area (Å²) in [6, 6.07) is 4.70. The molecule has 1 saturated heterocycles. The second-order valence-corrected chi connectivity index (χ2v) is 5.46. The number of imide groups is 1. The van der Waals surface area contributed by atoms with Crippen LogP contribution in [0.4, 0.5) is 5.69 Å². The van der Waals surface area contributed by atoms with E-state index >= 15 is 0 Å². The summed E-state index contributed by atoms with van der Waals surface area (Å²) in [5, 5.41) is 7.56. The molecule has 1 aromatic rings. The van der Waals surface area contributed by atoms with Gasteiger partial charge in [0.05, 0.1) is 12.8 Å². The van der Waals surface area contributed by atoms with Gasteiger partial charge in [0.2, 0.25) is 23.6 Å². The zero-order valence-corrected chi connectivity index (χ0v) is 11.8. The van der Waals surface area contributed by atoms with E-state index in [-0.39, 0.29) is 30.6 Å². The highest BCUT2D eigenvalue weighted by atomic mass is 16.2. The summed E-state index contributed by atoms with van der Waals surface area (Å²) in [7, 11) is 0. The first-order chi connectivity index (χ1) is 10.5. The van der Waals surface area contributed by atoms with Gasteiger partial charge in [-0.2, -0.15) is 0 Å². The van der Waals surface area contributed by atoms with Crippen molar-refractivity contribution in [3.63, 3.8) is 0 Å². The summed E-state index contributed by atoms with van der Waals surface area (Å²) in [6.07, 6.45) is 0.986. The molecule has 1 atom stereocenters. The molecule has 0 bridgehead atoms. The van der Waals surface area contributed by atoms with Gasteiger partial charge in [-0.15, -0.1) is 0 Å². The van der Waals surface area contributed by atoms with Crippen molar-refractivity contribution in [2.24, 2.45) is 0 Å². The van der Waals surface area contributed by atoms with E-state index in [1.165, 1.54) is 0 Å². The summed E-state index contributed by atoms with van der Waals surface area (Å²) < 4.78 is 0. The molecule has 7 nitrogen and oxygen atoms in total. The Morgan fingerprint density at radius 1 is 1.18 bits per heavy atom. The number of amides is 4. The average molecular weight is 301 g/mol. The average Bonchev–Trinajstić information content (AvgIpc) is 2.81. The highest BCUT2D eigenvalue weighted by Crippen LogP contribution is 2.24. The lowest BCUT2D eigenvalue weighted by Gasteiger charge is -2.21. The van der Waals surface area contributed by atoms with E-state index in [0.29, 0.717) is 12.8 Å². The van der Waals surface area contributed by atoms with Crippen molar-refractivity contribution < 1.29 is 19.2 Å². The van der Waals surface area contributed by atoms with Crippen LogP contribution in [0.15, 0.2) is 18.2 Å². The van der Waals surface area contributed by atoms with Gasteiger partial charge in [-0.05, 0) is 23.6 Å². The third-order valence-electron chi connectivity index (χ3n) is 3.73. The number of benzene rings is 1. The fourth-order valence-corrected chi connectivity index (χ4v) is 2.65. The van der Waals surface area contributed by atoms with Crippen molar-refractivity contribution >= 4 is 29.3 Å². The highest BCUT2D eigenvalue weighted by Gasteiger charge is 2.27. The predicted molar refractivity (Wildman–Crippen MR) is 76.8 cm³/mol. The number of hydrogen-bond acceptors (Lipinski definition) is 4. The van der Waals surface area contributed by atoms with Crippen LogP contribution in [0.2, 0.25) is 0 Å². The molecule has 0 spiro atoms. The van der Waals surface area contributed by atoms with Gasteiger partial charge < -0.3 is 10.6 Å². The van der Waals surface area contributed by atoms with E-state index in [1.807, 2.05) is 6.07 Å². The Hall–Kier alpha value is -2.70. The molecule has 0 saturated carbocycles. The van der Waals surface area contributed by atoms with E-state index in [1.54, 1.807) is 12.1 Å². The number of anilines is 1. The molecule has 0 aliphatic carbocycles. The van der Waals surface area contributed by atoms with Gasteiger partial charge in [0, 0.05) is 12.1 Å². The van der Waals surface area contributed by atoms with Crippen LogP contribution in [0.3, 0.4) is 0 Å². The minimum Gasteiger partial charge on any atom is -0.344 e. The highest BCUT2D eigenvalue weighted by molar-refractivity contribution is 6.02. The molecule has 3 rings (SSSR count). The van der Waals surface area contributed by atoms with Gasteiger partial charge in [0.15, 0.2) is 0 Å². The van der Waals surface area contributed by atoms with E-state index in [9.17, 15) is 19.2 Å². The standard InChI is InChI=1S/C15H15N3O4/c19-12-4-3-11(15(22)18-12)17-13(20)6-8-1-2-10-9(5-8)7-14(21)16-10/h1-2,5,11H,3-4,6-7H2,(H,16,21)(H,17,20)(H,18,19,22)/t11-/m0/s1. The first kappa shape index (κ1) is 14.2. The van der Waals surface area contributed by atoms with Crippen molar-refractivity contribution in [3.8, 4) is 0 Å². The summed E-state index contributed by atoms with van der Waals surface area (Å²) in [5.74, 6) is -1.12. The van der Waals surface area contributed by atoms with Crippen LogP contribution in [0, 0.1) is 0 Å². The topological polar surface area (TPSA) is 104 Å². The number of nitrogens with one attached hydrogen (secondary N) is 3. The van der Waals surface area contributed by atoms with Gasteiger partial charge in [0.25, 0.3) is 0 Å². The lowest BCUT2D eigenvalue weighted by molar-refractivity contribution is -0.137. The third-order valence-corrected chi connectivity index (χ3v) is 3.73. The Bertz CT molecular complexity index is 683. The van der Waals surface area contributed by atoms with E-state index in [0.717, 1.165) is 16.8 Å². The quantitative estimate of drug-likeness (QED) is 0.663. The Morgan fingerprint density at radius 2 is 2.00 bits per heavy atom. The van der Waals surface area contributed by atoms with Gasteiger partial charge in [-0.25, -0.2) is 0 Å². The first-order valence-corrected chi connectivity index (χ1v) is 7.06. The van der Waals surface area contributed by atoms with E-state index in [2.05, 4.69) is 16.0 Å². The molecular weight excluding hydrogens is 286 g/mol. The Morgan fingerprint density at radius 3 is 2.77 bits per heavy atom. The van der Waals surface area contributed by atoms with Gasteiger partial charge in [0.1, 0.15) is 6.04 Å². The van der Waals surface area contributed by atoms with Crippen LogP contribution in [-0.4, -0.2) is 29.7 Å². The first-order valence-electron chi connectivity index (χ1n) is 7.06. The number of hydrogen-bond donors (Lipinski definition) is 3. The zero-order chi connectivity index (χ0) is 15.7. The number of carbonyl (C=O) groups is 4. The van der Waals surface area contributed by atoms with Crippen LogP contribution >= 0.6 is 0 Å². The predicted octanol–water partition coefficient (Wildman–Crippen LogP) is -0.355. The van der Waals surface area contributed by atoms with Crippen LogP contribution in [0.25, 0.3) is 0 Å². The van der Waals surface area contributed by atoms with Gasteiger partial charge in [-0.1, -0.05) is 12.1 Å². The largest absolute Gasteiger partial charge is 0.344 e.